The van der Waals surface area contributed by atoms with Crippen molar-refractivity contribution in [2.24, 2.45) is 0 Å². The molecule has 0 saturated carbocycles. The van der Waals surface area contributed by atoms with Crippen LogP contribution in [0.15, 0.2) is 0 Å². The van der Waals surface area contributed by atoms with Gasteiger partial charge in [0.2, 0.25) is 5.95 Å². The molecule has 0 bridgehead atoms. The molecule has 1 atom stereocenters. The van der Waals surface area contributed by atoms with Crippen LogP contribution in [-0.2, 0) is 9.47 Å². The highest BCUT2D eigenvalue weighted by Crippen LogP contribution is 2.19. The molecule has 7 heteroatoms. The summed E-state index contributed by atoms with van der Waals surface area (Å²) in [5.74, 6) is 0.835. The molecule has 0 fully saturated rings. The standard InChI is InChI=1S/C12H24N4O2S/c1-9(2)16-11(13-14-12(16)19)15(6-7-17-4)10(3)8-18-5/h9-10H,6-8H2,1-5H3,(H,14,19). The van der Waals surface area contributed by atoms with Crippen LogP contribution in [0, 0.1) is 4.77 Å². The van der Waals surface area contributed by atoms with Crippen molar-refractivity contribution in [2.75, 3.05) is 38.9 Å². The number of nitrogens with zero attached hydrogens (tertiary/aromatic N) is 3. The van der Waals surface area contributed by atoms with Crippen LogP contribution in [0.4, 0.5) is 5.95 Å². The first kappa shape index (κ1) is 16.1. The van der Waals surface area contributed by atoms with Gasteiger partial charge in [-0.25, -0.2) is 5.10 Å². The van der Waals surface area contributed by atoms with E-state index in [-0.39, 0.29) is 12.1 Å². The summed E-state index contributed by atoms with van der Waals surface area (Å²) in [6.07, 6.45) is 0. The van der Waals surface area contributed by atoms with Gasteiger partial charge in [-0.15, -0.1) is 5.10 Å². The highest BCUT2D eigenvalue weighted by molar-refractivity contribution is 7.71. The molecule has 1 unspecified atom stereocenters. The van der Waals surface area contributed by atoms with Gasteiger partial charge in [-0.3, -0.25) is 4.57 Å². The molecule has 0 spiro atoms. The first-order valence-electron chi connectivity index (χ1n) is 6.44. The molecule has 0 amide bonds. The molecule has 1 aromatic heterocycles. The lowest BCUT2D eigenvalue weighted by molar-refractivity contribution is 0.169. The number of H-pyrrole nitrogens is 1. The molecule has 1 rings (SSSR count). The number of nitrogens with one attached hydrogen (secondary N) is 1. The Morgan fingerprint density at radius 2 is 2.00 bits per heavy atom. The summed E-state index contributed by atoms with van der Waals surface area (Å²) in [7, 11) is 3.39. The molecular formula is C12H24N4O2S. The molecular weight excluding hydrogens is 264 g/mol. The summed E-state index contributed by atoms with van der Waals surface area (Å²) >= 11 is 5.29. The Morgan fingerprint density at radius 1 is 1.32 bits per heavy atom. The second-order valence-corrected chi connectivity index (χ2v) is 5.17. The van der Waals surface area contributed by atoms with Gasteiger partial charge in [-0.2, -0.15) is 0 Å². The quantitative estimate of drug-likeness (QED) is 0.742. The topological polar surface area (TPSA) is 55.3 Å². The SMILES string of the molecule is COCCN(c1n[nH]c(=S)n1C(C)C)C(C)COC. The molecule has 6 nitrogen and oxygen atoms in total. The Kier molecular flexibility index (Phi) is 6.47. The largest absolute Gasteiger partial charge is 0.383 e. The van der Waals surface area contributed by atoms with Crippen LogP contribution in [0.5, 0.6) is 0 Å². The number of ether oxygens (including phenoxy) is 2. The van der Waals surface area contributed by atoms with E-state index in [1.807, 2.05) is 4.57 Å². The maximum atomic E-state index is 5.29. The van der Waals surface area contributed by atoms with E-state index >= 15 is 0 Å². The van der Waals surface area contributed by atoms with E-state index in [4.69, 9.17) is 21.7 Å². The predicted octanol–water partition coefficient (Wildman–Crippen LogP) is 2.01. The van der Waals surface area contributed by atoms with Gasteiger partial charge in [0.1, 0.15) is 0 Å². The van der Waals surface area contributed by atoms with Crippen molar-refractivity contribution in [3.8, 4) is 0 Å². The average molecular weight is 288 g/mol. The van der Waals surface area contributed by atoms with Crippen molar-refractivity contribution >= 4 is 18.2 Å². The highest BCUT2D eigenvalue weighted by Gasteiger charge is 2.21. The fourth-order valence-corrected chi connectivity index (χ4v) is 2.34. The minimum atomic E-state index is 0.197. The smallest absolute Gasteiger partial charge is 0.226 e. The van der Waals surface area contributed by atoms with Gasteiger partial charge in [0, 0.05) is 26.8 Å². The fourth-order valence-electron chi connectivity index (χ4n) is 2.00. The number of hydrogen-bond donors (Lipinski definition) is 1. The first-order valence-corrected chi connectivity index (χ1v) is 6.85. The van der Waals surface area contributed by atoms with Crippen LogP contribution >= 0.6 is 12.2 Å². The second-order valence-electron chi connectivity index (χ2n) is 4.78. The molecule has 110 valence electrons. The number of aromatic amines is 1. The van der Waals surface area contributed by atoms with Crippen LogP contribution in [0.3, 0.4) is 0 Å². The van der Waals surface area contributed by atoms with Crippen LogP contribution < -0.4 is 4.90 Å². The molecule has 0 aliphatic carbocycles. The Morgan fingerprint density at radius 3 is 2.53 bits per heavy atom. The third-order valence-electron chi connectivity index (χ3n) is 2.94. The predicted molar refractivity (Wildman–Crippen MR) is 78.4 cm³/mol. The van der Waals surface area contributed by atoms with E-state index in [1.165, 1.54) is 0 Å². The zero-order valence-electron chi connectivity index (χ0n) is 12.3. The molecule has 1 N–H and O–H groups in total. The molecule has 0 radical (unpaired) electrons. The third-order valence-corrected chi connectivity index (χ3v) is 3.22. The van der Waals surface area contributed by atoms with Gasteiger partial charge in [-0.1, -0.05) is 0 Å². The van der Waals surface area contributed by atoms with Gasteiger partial charge in [0.25, 0.3) is 0 Å². The Hall–Kier alpha value is -0.920. The van der Waals surface area contributed by atoms with Crippen LogP contribution in [-0.4, -0.2) is 54.8 Å². The van der Waals surface area contributed by atoms with E-state index in [2.05, 4.69) is 35.9 Å². The summed E-state index contributed by atoms with van der Waals surface area (Å²) in [6, 6.07) is 0.448. The van der Waals surface area contributed by atoms with E-state index in [0.29, 0.717) is 18.0 Å². The van der Waals surface area contributed by atoms with E-state index in [1.54, 1.807) is 14.2 Å². The third kappa shape index (κ3) is 4.02. The van der Waals surface area contributed by atoms with Crippen LogP contribution in [0.2, 0.25) is 0 Å². The van der Waals surface area contributed by atoms with Crippen LogP contribution in [0.25, 0.3) is 0 Å². The molecule has 0 aliphatic rings. The van der Waals surface area contributed by atoms with Crippen molar-refractivity contribution in [1.82, 2.24) is 14.8 Å². The fraction of sp³-hybridized carbons (Fsp3) is 0.833. The summed E-state index contributed by atoms with van der Waals surface area (Å²) in [5.41, 5.74) is 0. The molecule has 1 heterocycles. The lowest BCUT2D eigenvalue weighted by Gasteiger charge is -2.30. The normalized spacial score (nSPS) is 12.9. The van der Waals surface area contributed by atoms with E-state index < -0.39 is 0 Å². The van der Waals surface area contributed by atoms with Gasteiger partial charge >= 0.3 is 0 Å². The van der Waals surface area contributed by atoms with Crippen LogP contribution in [0.1, 0.15) is 26.8 Å². The maximum Gasteiger partial charge on any atom is 0.226 e. The Labute approximate surface area is 119 Å². The highest BCUT2D eigenvalue weighted by atomic mass is 32.1. The van der Waals surface area contributed by atoms with Crippen molar-refractivity contribution in [3.63, 3.8) is 0 Å². The first-order chi connectivity index (χ1) is 9.02. The molecule has 1 aromatic rings. The van der Waals surface area contributed by atoms with Gasteiger partial charge in [-0.05, 0) is 33.0 Å². The summed E-state index contributed by atoms with van der Waals surface area (Å²) in [6.45, 7) is 8.27. The molecule has 0 aromatic carbocycles. The molecule has 0 saturated heterocycles. The minimum absolute atomic E-state index is 0.197. The lowest BCUT2D eigenvalue weighted by Crippen LogP contribution is -2.40. The summed E-state index contributed by atoms with van der Waals surface area (Å²) in [5, 5.41) is 7.22. The van der Waals surface area contributed by atoms with Gasteiger partial charge in [0.05, 0.1) is 19.3 Å². The minimum Gasteiger partial charge on any atom is -0.383 e. The van der Waals surface area contributed by atoms with Gasteiger partial charge < -0.3 is 14.4 Å². The van der Waals surface area contributed by atoms with E-state index in [0.717, 1.165) is 12.5 Å². The second kappa shape index (κ2) is 7.62. The number of anilines is 1. The van der Waals surface area contributed by atoms with Gasteiger partial charge in [0.15, 0.2) is 4.77 Å². The van der Waals surface area contributed by atoms with E-state index in [9.17, 15) is 0 Å². The zero-order chi connectivity index (χ0) is 14.4. The Bertz CT molecular complexity index is 430. The van der Waals surface area contributed by atoms with Crippen molar-refractivity contribution in [1.29, 1.82) is 0 Å². The lowest BCUT2D eigenvalue weighted by atomic mass is 10.3. The Balaban J connectivity index is 3.06. The summed E-state index contributed by atoms with van der Waals surface area (Å²) < 4.78 is 13.1. The van der Waals surface area contributed by atoms with Crippen molar-refractivity contribution in [2.45, 2.75) is 32.9 Å². The number of aromatic nitrogens is 3. The maximum absolute atomic E-state index is 5.29. The van der Waals surface area contributed by atoms with Crippen molar-refractivity contribution in [3.05, 3.63) is 4.77 Å². The number of rotatable bonds is 8. The molecule has 0 aliphatic heterocycles. The zero-order valence-corrected chi connectivity index (χ0v) is 13.2. The summed E-state index contributed by atoms with van der Waals surface area (Å²) in [4.78, 5) is 2.15. The number of methoxy groups -OCH3 is 2. The van der Waals surface area contributed by atoms with Crippen molar-refractivity contribution < 1.29 is 9.47 Å². The number of hydrogen-bond acceptors (Lipinski definition) is 5. The molecule has 19 heavy (non-hydrogen) atoms. The average Bonchev–Trinajstić information content (AvgIpc) is 2.72. The monoisotopic (exact) mass is 288 g/mol.